The fourth-order valence-electron chi connectivity index (χ4n) is 2.88. The molecular formula is C21H27F3N4O2. The van der Waals surface area contributed by atoms with Gasteiger partial charge < -0.3 is 15.5 Å². The molecule has 1 aromatic carbocycles. The number of anilines is 1. The average molecular weight is 424 g/mol. The Labute approximate surface area is 173 Å². The molecule has 2 N–H and O–H groups in total. The van der Waals surface area contributed by atoms with E-state index in [1.807, 2.05) is 11.9 Å². The highest BCUT2D eigenvalue weighted by atomic mass is 19.4. The fraction of sp³-hybridized carbons (Fsp3) is 0.476. The summed E-state index contributed by atoms with van der Waals surface area (Å²) in [5.41, 5.74) is 0.281. The summed E-state index contributed by atoms with van der Waals surface area (Å²) in [7, 11) is 1.91. The third-order valence-electron chi connectivity index (χ3n) is 4.72. The molecule has 0 unspecified atom stereocenters. The summed E-state index contributed by atoms with van der Waals surface area (Å²) >= 11 is 0. The molecule has 0 aliphatic heterocycles. The number of likely N-dealkylation sites (N-methyl/N-ethyl adjacent to an activating group) is 1. The SMILES string of the molecule is CCC(=O)CCC(=O)NCCN(C)CCNc1ccnc2cc(C(F)(F)F)ccc12. The highest BCUT2D eigenvalue weighted by Gasteiger charge is 2.30. The Kier molecular flexibility index (Phi) is 8.58. The zero-order chi connectivity index (χ0) is 22.1. The van der Waals surface area contributed by atoms with Crippen LogP contribution in [-0.4, -0.2) is 54.8 Å². The van der Waals surface area contributed by atoms with E-state index >= 15 is 0 Å². The normalized spacial score (nSPS) is 11.7. The standard InChI is InChI=1S/C21H27F3N4O2/c1-3-16(29)5-7-20(30)27-11-13-28(2)12-10-26-18-8-9-25-19-14-15(21(22,23)24)4-6-17(18)19/h4,6,8-9,14H,3,5,7,10-13H2,1-2H3,(H,25,26)(H,27,30). The van der Waals surface area contributed by atoms with Crippen molar-refractivity contribution in [2.45, 2.75) is 32.4 Å². The van der Waals surface area contributed by atoms with Crippen LogP contribution >= 0.6 is 0 Å². The molecule has 9 heteroatoms. The predicted octanol–water partition coefficient (Wildman–Crippen LogP) is 3.47. The Morgan fingerprint density at radius 2 is 1.83 bits per heavy atom. The Balaban J connectivity index is 1.77. The predicted molar refractivity (Wildman–Crippen MR) is 110 cm³/mol. The molecule has 0 aliphatic rings. The number of pyridine rings is 1. The van der Waals surface area contributed by atoms with Gasteiger partial charge in [0.15, 0.2) is 0 Å². The van der Waals surface area contributed by atoms with Crippen LogP contribution in [0.4, 0.5) is 18.9 Å². The number of nitrogens with one attached hydrogen (secondary N) is 2. The van der Waals surface area contributed by atoms with Crippen LogP contribution in [0.1, 0.15) is 31.7 Å². The second kappa shape index (κ2) is 10.9. The molecule has 2 aromatic rings. The highest BCUT2D eigenvalue weighted by molar-refractivity contribution is 5.91. The van der Waals surface area contributed by atoms with Gasteiger partial charge in [-0.05, 0) is 25.2 Å². The molecule has 0 aliphatic carbocycles. The molecule has 0 radical (unpaired) electrons. The first-order valence-corrected chi connectivity index (χ1v) is 9.87. The Hall–Kier alpha value is -2.68. The molecule has 30 heavy (non-hydrogen) atoms. The number of aromatic nitrogens is 1. The maximum absolute atomic E-state index is 12.9. The van der Waals surface area contributed by atoms with Gasteiger partial charge in [0.25, 0.3) is 0 Å². The van der Waals surface area contributed by atoms with Crippen molar-refractivity contribution in [2.75, 3.05) is 38.5 Å². The number of alkyl halides is 3. The maximum Gasteiger partial charge on any atom is 0.416 e. The van der Waals surface area contributed by atoms with Crippen molar-refractivity contribution >= 4 is 28.3 Å². The number of halogens is 3. The molecule has 6 nitrogen and oxygen atoms in total. The van der Waals surface area contributed by atoms with E-state index in [1.165, 1.54) is 12.3 Å². The molecule has 0 fully saturated rings. The maximum atomic E-state index is 12.9. The number of fused-ring (bicyclic) bond motifs is 1. The lowest BCUT2D eigenvalue weighted by atomic mass is 10.1. The van der Waals surface area contributed by atoms with Crippen LogP contribution in [0, 0.1) is 0 Å². The Morgan fingerprint density at radius 3 is 2.53 bits per heavy atom. The van der Waals surface area contributed by atoms with E-state index < -0.39 is 11.7 Å². The number of carbonyl (C=O) groups excluding carboxylic acids is 2. The van der Waals surface area contributed by atoms with Crippen LogP contribution in [0.5, 0.6) is 0 Å². The second-order valence-electron chi connectivity index (χ2n) is 7.06. The minimum atomic E-state index is -4.40. The van der Waals surface area contributed by atoms with Gasteiger partial charge in [0.05, 0.1) is 11.1 Å². The van der Waals surface area contributed by atoms with Crippen molar-refractivity contribution < 1.29 is 22.8 Å². The van der Waals surface area contributed by atoms with Gasteiger partial charge in [-0.25, -0.2) is 0 Å². The lowest BCUT2D eigenvalue weighted by Gasteiger charge is -2.18. The summed E-state index contributed by atoms with van der Waals surface area (Å²) in [5, 5.41) is 6.64. The van der Waals surface area contributed by atoms with Crippen LogP contribution in [0.25, 0.3) is 10.9 Å². The number of hydrogen-bond donors (Lipinski definition) is 2. The van der Waals surface area contributed by atoms with Gasteiger partial charge in [0.2, 0.25) is 5.91 Å². The van der Waals surface area contributed by atoms with Crippen molar-refractivity contribution in [3.05, 3.63) is 36.0 Å². The molecule has 2 rings (SSSR count). The summed E-state index contributed by atoms with van der Waals surface area (Å²) in [6.45, 7) is 4.15. The zero-order valence-corrected chi connectivity index (χ0v) is 17.2. The van der Waals surface area contributed by atoms with Crippen molar-refractivity contribution in [1.82, 2.24) is 15.2 Å². The van der Waals surface area contributed by atoms with Crippen LogP contribution in [-0.2, 0) is 15.8 Å². The molecule has 0 atom stereocenters. The summed E-state index contributed by atoms with van der Waals surface area (Å²) in [4.78, 5) is 29.0. The van der Waals surface area contributed by atoms with Gasteiger partial charge in [-0.1, -0.05) is 13.0 Å². The van der Waals surface area contributed by atoms with Gasteiger partial charge in [-0.2, -0.15) is 13.2 Å². The first-order chi connectivity index (χ1) is 14.2. The topological polar surface area (TPSA) is 74.3 Å². The number of benzene rings is 1. The second-order valence-corrected chi connectivity index (χ2v) is 7.06. The highest BCUT2D eigenvalue weighted by Crippen LogP contribution is 2.32. The largest absolute Gasteiger partial charge is 0.416 e. The molecule has 0 saturated heterocycles. The molecule has 164 valence electrons. The van der Waals surface area contributed by atoms with E-state index in [2.05, 4.69) is 15.6 Å². The Bertz CT molecular complexity index is 871. The van der Waals surface area contributed by atoms with Crippen molar-refractivity contribution in [3.8, 4) is 0 Å². The summed E-state index contributed by atoms with van der Waals surface area (Å²) in [5.74, 6) is -0.0589. The summed E-state index contributed by atoms with van der Waals surface area (Å²) in [6, 6.07) is 5.25. The lowest BCUT2D eigenvalue weighted by Crippen LogP contribution is -2.35. The van der Waals surface area contributed by atoms with Crippen molar-refractivity contribution in [1.29, 1.82) is 0 Å². The van der Waals surface area contributed by atoms with E-state index in [-0.39, 0.29) is 30.0 Å². The molecule has 0 spiro atoms. The number of ketones is 1. The van der Waals surface area contributed by atoms with Crippen LogP contribution in [0.15, 0.2) is 30.5 Å². The number of carbonyl (C=O) groups is 2. The van der Waals surface area contributed by atoms with Gasteiger partial charge in [-0.15, -0.1) is 0 Å². The lowest BCUT2D eigenvalue weighted by molar-refractivity contribution is -0.137. The van der Waals surface area contributed by atoms with Crippen molar-refractivity contribution in [2.24, 2.45) is 0 Å². The monoisotopic (exact) mass is 424 g/mol. The number of Topliss-reactive ketones (excluding diaryl/α,β-unsaturated/α-hetero) is 1. The minimum absolute atomic E-state index is 0.0756. The quantitative estimate of drug-likeness (QED) is 0.578. The van der Waals surface area contributed by atoms with Gasteiger partial charge in [0.1, 0.15) is 5.78 Å². The van der Waals surface area contributed by atoms with Crippen LogP contribution in [0.3, 0.4) is 0 Å². The van der Waals surface area contributed by atoms with Gasteiger partial charge >= 0.3 is 6.18 Å². The number of rotatable bonds is 11. The smallest absolute Gasteiger partial charge is 0.383 e. The van der Waals surface area contributed by atoms with E-state index in [4.69, 9.17) is 0 Å². The molecule has 0 saturated carbocycles. The van der Waals surface area contributed by atoms with E-state index in [1.54, 1.807) is 13.0 Å². The van der Waals surface area contributed by atoms with E-state index in [0.717, 1.165) is 17.8 Å². The molecule has 1 aromatic heterocycles. The minimum Gasteiger partial charge on any atom is -0.383 e. The van der Waals surface area contributed by atoms with Gasteiger partial charge in [0, 0.05) is 62.7 Å². The average Bonchev–Trinajstić information content (AvgIpc) is 2.71. The molecule has 0 bridgehead atoms. The van der Waals surface area contributed by atoms with E-state index in [9.17, 15) is 22.8 Å². The van der Waals surface area contributed by atoms with Crippen LogP contribution < -0.4 is 10.6 Å². The molecule has 1 amide bonds. The first-order valence-electron chi connectivity index (χ1n) is 9.87. The Morgan fingerprint density at radius 1 is 1.10 bits per heavy atom. The molecule has 1 heterocycles. The number of hydrogen-bond acceptors (Lipinski definition) is 5. The fourth-order valence-corrected chi connectivity index (χ4v) is 2.88. The van der Waals surface area contributed by atoms with Crippen LogP contribution in [0.2, 0.25) is 0 Å². The van der Waals surface area contributed by atoms with E-state index in [0.29, 0.717) is 38.0 Å². The number of nitrogens with zero attached hydrogens (tertiary/aromatic N) is 2. The van der Waals surface area contributed by atoms with Gasteiger partial charge in [-0.3, -0.25) is 14.6 Å². The third kappa shape index (κ3) is 7.29. The third-order valence-corrected chi connectivity index (χ3v) is 4.72. The molecular weight excluding hydrogens is 397 g/mol. The number of amides is 1. The summed E-state index contributed by atoms with van der Waals surface area (Å²) < 4.78 is 38.6. The zero-order valence-electron chi connectivity index (χ0n) is 17.2. The first kappa shape index (κ1) is 23.6. The van der Waals surface area contributed by atoms with Crippen molar-refractivity contribution in [3.63, 3.8) is 0 Å². The summed E-state index contributed by atoms with van der Waals surface area (Å²) in [6.07, 6.45) is -1.99.